The third-order valence-electron chi connectivity index (χ3n) is 8.02. The lowest BCUT2D eigenvalue weighted by Gasteiger charge is -2.29. The number of likely N-dealkylation sites (tertiary alicyclic amines) is 1. The van der Waals surface area contributed by atoms with Crippen molar-refractivity contribution in [2.75, 3.05) is 6.54 Å². The summed E-state index contributed by atoms with van der Waals surface area (Å²) in [7, 11) is 0. The number of benzene rings is 3. The lowest BCUT2D eigenvalue weighted by atomic mass is 9.84. The van der Waals surface area contributed by atoms with Gasteiger partial charge in [-0.05, 0) is 89.2 Å². The number of halogens is 1. The van der Waals surface area contributed by atoms with Crippen LogP contribution in [0.15, 0.2) is 59.1 Å². The molecule has 1 fully saturated rings. The second kappa shape index (κ2) is 10.2. The van der Waals surface area contributed by atoms with Gasteiger partial charge < -0.3 is 20.3 Å². The number of aryl methyl sites for hydroxylation is 2. The van der Waals surface area contributed by atoms with Gasteiger partial charge in [0.25, 0.3) is 0 Å². The van der Waals surface area contributed by atoms with E-state index in [-0.39, 0.29) is 17.9 Å². The van der Waals surface area contributed by atoms with E-state index in [2.05, 4.69) is 74.8 Å². The number of aromatic amines is 1. The first-order chi connectivity index (χ1) is 18.8. The number of hydrogen-bond acceptors (Lipinski definition) is 3. The Balaban J connectivity index is 1.28. The number of hydrogen-bond donors (Lipinski definition) is 3. The maximum atomic E-state index is 13.3. The zero-order chi connectivity index (χ0) is 27.3. The second-order valence-electron chi connectivity index (χ2n) is 10.9. The van der Waals surface area contributed by atoms with Gasteiger partial charge in [0.15, 0.2) is 0 Å². The summed E-state index contributed by atoms with van der Waals surface area (Å²) in [6.07, 6.45) is 2.51. The first kappa shape index (κ1) is 25.6. The molecule has 6 rings (SSSR count). The molecule has 39 heavy (non-hydrogen) atoms. The highest BCUT2D eigenvalue weighted by molar-refractivity contribution is 9.10. The summed E-state index contributed by atoms with van der Waals surface area (Å²) in [6.45, 7) is 4.29. The maximum absolute atomic E-state index is 13.3. The SMILES string of the molecule is CC(C)[C@H](NC(=O)O)C(=O)N1CCC[C@H]1c1nc2ccc(-c3ccc4c(c3)CCc3cc(Br)ccc3-4)cc2[nH]1. The minimum absolute atomic E-state index is 0.153. The second-order valence-corrected chi connectivity index (χ2v) is 11.8. The third kappa shape index (κ3) is 4.82. The number of rotatable bonds is 5. The van der Waals surface area contributed by atoms with E-state index in [1.54, 1.807) is 4.90 Å². The van der Waals surface area contributed by atoms with Crippen LogP contribution in [0.2, 0.25) is 0 Å². The number of carbonyl (C=O) groups is 2. The number of H-pyrrole nitrogens is 1. The fourth-order valence-corrected chi connectivity index (χ4v) is 6.46. The Morgan fingerprint density at radius 3 is 2.46 bits per heavy atom. The topological polar surface area (TPSA) is 98.3 Å². The Labute approximate surface area is 235 Å². The molecule has 8 heteroatoms. The molecule has 200 valence electrons. The van der Waals surface area contributed by atoms with Crippen molar-refractivity contribution in [3.05, 3.63) is 76.0 Å². The molecular weight excluding hydrogens is 556 g/mol. The summed E-state index contributed by atoms with van der Waals surface area (Å²) in [6, 6.07) is 18.5. The summed E-state index contributed by atoms with van der Waals surface area (Å²) >= 11 is 3.59. The summed E-state index contributed by atoms with van der Waals surface area (Å²) in [4.78, 5) is 34.7. The third-order valence-corrected chi connectivity index (χ3v) is 8.52. The van der Waals surface area contributed by atoms with Crippen molar-refractivity contribution in [2.24, 2.45) is 5.92 Å². The van der Waals surface area contributed by atoms with Crippen molar-refractivity contribution in [1.82, 2.24) is 20.2 Å². The normalized spacial score (nSPS) is 17.2. The van der Waals surface area contributed by atoms with Gasteiger partial charge in [0.1, 0.15) is 11.9 Å². The Morgan fingerprint density at radius 2 is 1.72 bits per heavy atom. The van der Waals surface area contributed by atoms with Crippen molar-refractivity contribution < 1.29 is 14.7 Å². The molecule has 0 saturated carbocycles. The molecule has 3 aromatic carbocycles. The van der Waals surface area contributed by atoms with Crippen molar-refractivity contribution in [3.63, 3.8) is 0 Å². The van der Waals surface area contributed by atoms with E-state index in [0.717, 1.165) is 52.6 Å². The number of fused-ring (bicyclic) bond motifs is 4. The number of nitrogens with one attached hydrogen (secondary N) is 2. The van der Waals surface area contributed by atoms with Crippen LogP contribution in [0.1, 0.15) is 49.7 Å². The van der Waals surface area contributed by atoms with Crippen LogP contribution in [-0.2, 0) is 17.6 Å². The average Bonchev–Trinajstić information content (AvgIpc) is 3.57. The maximum Gasteiger partial charge on any atom is 0.405 e. The van der Waals surface area contributed by atoms with Gasteiger partial charge in [0.2, 0.25) is 5.91 Å². The Bertz CT molecular complexity index is 1590. The number of amides is 2. The van der Waals surface area contributed by atoms with E-state index in [4.69, 9.17) is 4.98 Å². The van der Waals surface area contributed by atoms with E-state index in [9.17, 15) is 14.7 Å². The van der Waals surface area contributed by atoms with E-state index in [1.165, 1.54) is 27.8 Å². The Kier molecular flexibility index (Phi) is 6.67. The van der Waals surface area contributed by atoms with Crippen LogP contribution in [0.5, 0.6) is 0 Å². The van der Waals surface area contributed by atoms with Crippen LogP contribution in [-0.4, -0.2) is 44.6 Å². The first-order valence-electron chi connectivity index (χ1n) is 13.5. The highest BCUT2D eigenvalue weighted by atomic mass is 79.9. The number of nitrogens with zero attached hydrogens (tertiary/aromatic N) is 2. The van der Waals surface area contributed by atoms with Crippen LogP contribution in [0.4, 0.5) is 4.79 Å². The number of carbonyl (C=O) groups excluding carboxylic acids is 1. The summed E-state index contributed by atoms with van der Waals surface area (Å²) in [5.74, 6) is 0.401. The zero-order valence-corrected chi connectivity index (χ0v) is 23.6. The predicted octanol–water partition coefficient (Wildman–Crippen LogP) is 6.71. The van der Waals surface area contributed by atoms with Crippen molar-refractivity contribution in [3.8, 4) is 22.3 Å². The fourth-order valence-electron chi connectivity index (χ4n) is 6.05. The zero-order valence-electron chi connectivity index (χ0n) is 22.0. The fraction of sp³-hybridized carbons (Fsp3) is 0.323. The lowest BCUT2D eigenvalue weighted by Crippen LogP contribution is -2.50. The summed E-state index contributed by atoms with van der Waals surface area (Å²) in [5, 5.41) is 11.6. The van der Waals surface area contributed by atoms with E-state index >= 15 is 0 Å². The average molecular weight is 588 g/mol. The molecule has 2 heterocycles. The van der Waals surface area contributed by atoms with Crippen molar-refractivity contribution in [2.45, 2.75) is 51.6 Å². The Morgan fingerprint density at radius 1 is 1.03 bits per heavy atom. The van der Waals surface area contributed by atoms with Gasteiger partial charge in [0.05, 0.1) is 17.1 Å². The number of carboxylic acid groups (broad SMARTS) is 1. The van der Waals surface area contributed by atoms with Crippen LogP contribution >= 0.6 is 15.9 Å². The van der Waals surface area contributed by atoms with Crippen LogP contribution in [0.3, 0.4) is 0 Å². The van der Waals surface area contributed by atoms with Gasteiger partial charge >= 0.3 is 6.09 Å². The van der Waals surface area contributed by atoms with E-state index in [0.29, 0.717) is 6.54 Å². The van der Waals surface area contributed by atoms with Crippen LogP contribution in [0.25, 0.3) is 33.3 Å². The largest absolute Gasteiger partial charge is 0.465 e. The highest BCUT2D eigenvalue weighted by Gasteiger charge is 2.37. The van der Waals surface area contributed by atoms with Crippen LogP contribution in [0, 0.1) is 5.92 Å². The molecule has 7 nitrogen and oxygen atoms in total. The molecule has 4 aromatic rings. The minimum atomic E-state index is -1.19. The standard InChI is InChI=1S/C31H31BrN4O3/c1-17(2)28(35-31(38)39)30(37)36-13-3-4-27(36)29-33-25-12-8-19(16-26(25)34-29)18-7-10-23-20(14-18)5-6-21-15-22(32)9-11-24(21)23/h7-12,14-17,27-28,35H,3-6,13H2,1-2H3,(H,33,34)(H,38,39)/t27-,28-/m0/s1. The molecule has 1 saturated heterocycles. The minimum Gasteiger partial charge on any atom is -0.465 e. The quantitative estimate of drug-likeness (QED) is 0.242. The van der Waals surface area contributed by atoms with Gasteiger partial charge in [-0.1, -0.05) is 60.1 Å². The molecule has 2 atom stereocenters. The molecular formula is C31H31BrN4O3. The first-order valence-corrected chi connectivity index (χ1v) is 14.3. The molecule has 3 N–H and O–H groups in total. The van der Waals surface area contributed by atoms with Crippen LogP contribution < -0.4 is 5.32 Å². The van der Waals surface area contributed by atoms with Gasteiger partial charge in [-0.3, -0.25) is 4.79 Å². The van der Waals surface area contributed by atoms with Gasteiger partial charge in [-0.2, -0.15) is 0 Å². The van der Waals surface area contributed by atoms with Gasteiger partial charge in [-0.15, -0.1) is 0 Å². The highest BCUT2D eigenvalue weighted by Crippen LogP contribution is 2.38. The Hall–Kier alpha value is -3.65. The molecule has 0 spiro atoms. The van der Waals surface area contributed by atoms with Crippen molar-refractivity contribution in [1.29, 1.82) is 0 Å². The molecule has 2 amide bonds. The smallest absolute Gasteiger partial charge is 0.405 e. The monoisotopic (exact) mass is 586 g/mol. The van der Waals surface area contributed by atoms with E-state index < -0.39 is 12.1 Å². The molecule has 2 aliphatic rings. The van der Waals surface area contributed by atoms with Crippen molar-refractivity contribution >= 4 is 39.0 Å². The molecule has 1 aliphatic carbocycles. The predicted molar refractivity (Wildman–Crippen MR) is 156 cm³/mol. The summed E-state index contributed by atoms with van der Waals surface area (Å²) < 4.78 is 1.12. The van der Waals surface area contributed by atoms with Gasteiger partial charge in [0, 0.05) is 11.0 Å². The molecule has 0 bridgehead atoms. The molecule has 0 radical (unpaired) electrons. The van der Waals surface area contributed by atoms with E-state index in [1.807, 2.05) is 19.9 Å². The molecule has 0 unspecified atom stereocenters. The lowest BCUT2D eigenvalue weighted by molar-refractivity contribution is -0.135. The molecule has 1 aliphatic heterocycles. The molecule has 1 aromatic heterocycles. The van der Waals surface area contributed by atoms with Gasteiger partial charge in [-0.25, -0.2) is 9.78 Å². The number of aromatic nitrogens is 2. The number of imidazole rings is 1. The summed E-state index contributed by atoms with van der Waals surface area (Å²) in [5.41, 5.74) is 9.44.